The van der Waals surface area contributed by atoms with Gasteiger partial charge in [0.2, 0.25) is 5.89 Å². The number of methoxy groups -OCH3 is 2. The minimum absolute atomic E-state index is 0.534. The molecule has 1 saturated carbocycles. The van der Waals surface area contributed by atoms with Crippen molar-refractivity contribution in [2.24, 2.45) is 0 Å². The summed E-state index contributed by atoms with van der Waals surface area (Å²) in [4.78, 5) is 6.85. The van der Waals surface area contributed by atoms with E-state index in [1.807, 2.05) is 0 Å². The van der Waals surface area contributed by atoms with Crippen LogP contribution in [0, 0.1) is 0 Å². The lowest BCUT2D eigenvalue weighted by molar-refractivity contribution is 0.209. The summed E-state index contributed by atoms with van der Waals surface area (Å²) < 4.78 is 16.2. The maximum Gasteiger partial charge on any atom is 0.240 e. The van der Waals surface area contributed by atoms with Crippen LogP contribution in [0.15, 0.2) is 16.7 Å². The molecule has 1 aromatic heterocycles. The first-order chi connectivity index (χ1) is 11.3. The predicted octanol–water partition coefficient (Wildman–Crippen LogP) is 2.52. The van der Waals surface area contributed by atoms with Crippen LogP contribution in [0.1, 0.15) is 41.6 Å². The van der Waals surface area contributed by atoms with Gasteiger partial charge in [-0.3, -0.25) is 4.90 Å². The fourth-order valence-electron chi connectivity index (χ4n) is 3.11. The van der Waals surface area contributed by atoms with Gasteiger partial charge in [0.05, 0.1) is 20.8 Å². The van der Waals surface area contributed by atoms with E-state index in [1.165, 1.54) is 24.0 Å². The van der Waals surface area contributed by atoms with Crippen LogP contribution in [0.25, 0.3) is 0 Å². The second-order valence-electron chi connectivity index (χ2n) is 6.26. The molecule has 2 aromatic rings. The van der Waals surface area contributed by atoms with Crippen molar-refractivity contribution in [3.05, 3.63) is 35.0 Å². The fourth-order valence-corrected chi connectivity index (χ4v) is 3.11. The van der Waals surface area contributed by atoms with Crippen molar-refractivity contribution < 1.29 is 14.0 Å². The average Bonchev–Trinajstić information content (AvgIpc) is 3.33. The summed E-state index contributed by atoms with van der Waals surface area (Å²) in [6.45, 7) is 2.54. The molecule has 0 atom stereocenters. The summed E-state index contributed by atoms with van der Waals surface area (Å²) in [5, 5.41) is 4.09. The largest absolute Gasteiger partial charge is 0.493 e. The second kappa shape index (κ2) is 5.85. The number of benzene rings is 1. The lowest BCUT2D eigenvalue weighted by atomic mass is 9.99. The summed E-state index contributed by atoms with van der Waals surface area (Å²) in [6, 6.07) is 4.16. The molecule has 1 aliphatic carbocycles. The Bertz CT molecular complexity index is 709. The quantitative estimate of drug-likeness (QED) is 0.845. The van der Waals surface area contributed by atoms with E-state index in [0.29, 0.717) is 12.5 Å². The van der Waals surface area contributed by atoms with E-state index >= 15 is 0 Å². The van der Waals surface area contributed by atoms with Crippen molar-refractivity contribution in [1.82, 2.24) is 15.0 Å². The molecule has 0 unspecified atom stereocenters. The van der Waals surface area contributed by atoms with E-state index in [1.54, 1.807) is 14.2 Å². The van der Waals surface area contributed by atoms with Gasteiger partial charge < -0.3 is 14.0 Å². The summed E-state index contributed by atoms with van der Waals surface area (Å²) >= 11 is 0. The van der Waals surface area contributed by atoms with Crippen LogP contribution in [0.3, 0.4) is 0 Å². The lowest BCUT2D eigenvalue weighted by Gasteiger charge is -2.28. The molecule has 2 aliphatic rings. The molecule has 0 N–H and O–H groups in total. The van der Waals surface area contributed by atoms with Crippen LogP contribution >= 0.6 is 0 Å². The Balaban J connectivity index is 1.48. The Morgan fingerprint density at radius 2 is 1.91 bits per heavy atom. The van der Waals surface area contributed by atoms with Gasteiger partial charge in [-0.05, 0) is 42.5 Å². The highest BCUT2D eigenvalue weighted by molar-refractivity contribution is 5.48. The molecular formula is C17H21N3O3. The summed E-state index contributed by atoms with van der Waals surface area (Å²) in [7, 11) is 3.34. The van der Waals surface area contributed by atoms with E-state index in [-0.39, 0.29) is 0 Å². The SMILES string of the molecule is COc1cc2c(cc1OC)CN(Cc1nc(C3CC3)no1)CC2. The Morgan fingerprint density at radius 3 is 2.61 bits per heavy atom. The van der Waals surface area contributed by atoms with Crippen molar-refractivity contribution in [3.8, 4) is 11.5 Å². The summed E-state index contributed by atoms with van der Waals surface area (Å²) in [5.41, 5.74) is 2.60. The predicted molar refractivity (Wildman–Crippen MR) is 83.6 cm³/mol. The third kappa shape index (κ3) is 2.91. The van der Waals surface area contributed by atoms with Crippen molar-refractivity contribution in [2.45, 2.75) is 38.3 Å². The molecule has 1 aliphatic heterocycles. The lowest BCUT2D eigenvalue weighted by Crippen LogP contribution is -2.30. The summed E-state index contributed by atoms with van der Waals surface area (Å²) in [5.74, 6) is 3.71. The van der Waals surface area contributed by atoms with Crippen LogP contribution in [0.5, 0.6) is 11.5 Å². The van der Waals surface area contributed by atoms with Gasteiger partial charge in [-0.2, -0.15) is 4.98 Å². The highest BCUT2D eigenvalue weighted by atomic mass is 16.5. The van der Waals surface area contributed by atoms with E-state index in [4.69, 9.17) is 14.0 Å². The third-order valence-corrected chi connectivity index (χ3v) is 4.58. The molecule has 0 amide bonds. The van der Waals surface area contributed by atoms with Gasteiger partial charge >= 0.3 is 0 Å². The molecule has 6 heteroatoms. The molecule has 6 nitrogen and oxygen atoms in total. The Hall–Kier alpha value is -2.08. The molecule has 23 heavy (non-hydrogen) atoms. The van der Waals surface area contributed by atoms with Gasteiger partial charge in [0, 0.05) is 19.0 Å². The number of rotatable bonds is 5. The van der Waals surface area contributed by atoms with Crippen LogP contribution < -0.4 is 9.47 Å². The average molecular weight is 315 g/mol. The first kappa shape index (κ1) is 14.5. The highest BCUT2D eigenvalue weighted by Crippen LogP contribution is 2.38. The molecule has 122 valence electrons. The highest BCUT2D eigenvalue weighted by Gasteiger charge is 2.29. The maximum atomic E-state index is 5.41. The minimum atomic E-state index is 0.534. The van der Waals surface area contributed by atoms with Crippen LogP contribution in [0.4, 0.5) is 0 Å². The summed E-state index contributed by atoms with van der Waals surface area (Å²) in [6.07, 6.45) is 3.37. The Morgan fingerprint density at radius 1 is 1.17 bits per heavy atom. The molecule has 2 heterocycles. The first-order valence-electron chi connectivity index (χ1n) is 8.05. The second-order valence-corrected chi connectivity index (χ2v) is 6.26. The molecule has 1 fully saturated rings. The molecule has 1 aromatic carbocycles. The number of fused-ring (bicyclic) bond motifs is 1. The maximum absolute atomic E-state index is 5.41. The van der Waals surface area contributed by atoms with Gasteiger partial charge in [-0.15, -0.1) is 0 Å². The van der Waals surface area contributed by atoms with Crippen LogP contribution in [0.2, 0.25) is 0 Å². The zero-order valence-electron chi connectivity index (χ0n) is 13.5. The van der Waals surface area contributed by atoms with Gasteiger partial charge in [0.15, 0.2) is 17.3 Å². The van der Waals surface area contributed by atoms with Crippen LogP contribution in [-0.4, -0.2) is 35.8 Å². The number of hydrogen-bond acceptors (Lipinski definition) is 6. The van der Waals surface area contributed by atoms with Gasteiger partial charge in [0.25, 0.3) is 0 Å². The minimum Gasteiger partial charge on any atom is -0.493 e. The molecule has 0 spiro atoms. The van der Waals surface area contributed by atoms with E-state index in [2.05, 4.69) is 27.2 Å². The molecule has 0 bridgehead atoms. The fraction of sp³-hybridized carbons (Fsp3) is 0.529. The number of ether oxygens (including phenoxy) is 2. The van der Waals surface area contributed by atoms with Crippen molar-refractivity contribution >= 4 is 0 Å². The number of aromatic nitrogens is 2. The number of hydrogen-bond donors (Lipinski definition) is 0. The first-order valence-corrected chi connectivity index (χ1v) is 8.05. The zero-order chi connectivity index (χ0) is 15.8. The Labute approximate surface area is 135 Å². The van der Waals surface area contributed by atoms with E-state index < -0.39 is 0 Å². The molecular weight excluding hydrogens is 294 g/mol. The normalized spacial score (nSPS) is 17.8. The Kier molecular flexibility index (Phi) is 3.69. The van der Waals surface area contributed by atoms with Crippen LogP contribution in [-0.2, 0) is 19.5 Å². The molecule has 0 radical (unpaired) electrons. The third-order valence-electron chi connectivity index (χ3n) is 4.58. The van der Waals surface area contributed by atoms with Crippen molar-refractivity contribution in [1.29, 1.82) is 0 Å². The van der Waals surface area contributed by atoms with Gasteiger partial charge in [-0.25, -0.2) is 0 Å². The van der Waals surface area contributed by atoms with E-state index in [9.17, 15) is 0 Å². The molecule has 4 rings (SSSR count). The zero-order valence-corrected chi connectivity index (χ0v) is 13.5. The van der Waals surface area contributed by atoms with Crippen molar-refractivity contribution in [3.63, 3.8) is 0 Å². The topological polar surface area (TPSA) is 60.6 Å². The van der Waals surface area contributed by atoms with E-state index in [0.717, 1.165) is 42.7 Å². The monoisotopic (exact) mass is 315 g/mol. The smallest absolute Gasteiger partial charge is 0.240 e. The van der Waals surface area contributed by atoms with Crippen molar-refractivity contribution in [2.75, 3.05) is 20.8 Å². The van der Waals surface area contributed by atoms with Gasteiger partial charge in [0.1, 0.15) is 0 Å². The number of nitrogens with zero attached hydrogens (tertiary/aromatic N) is 3. The standard InChI is InChI=1S/C17H21N3O3/c1-21-14-7-12-5-6-20(9-13(12)8-15(14)22-2)10-16-18-17(19-23-16)11-3-4-11/h7-8,11H,3-6,9-10H2,1-2H3. The molecule has 0 saturated heterocycles. The van der Waals surface area contributed by atoms with Gasteiger partial charge in [-0.1, -0.05) is 5.16 Å².